The van der Waals surface area contributed by atoms with Crippen LogP contribution < -0.4 is 0 Å². The quantitative estimate of drug-likeness (QED) is 0.168. The third-order valence-electron chi connectivity index (χ3n) is 4.64. The number of ether oxygens (including phenoxy) is 3. The lowest BCUT2D eigenvalue weighted by Crippen LogP contribution is -2.34. The molecule has 0 spiro atoms. The monoisotopic (exact) mass is 382 g/mol. The van der Waals surface area contributed by atoms with Gasteiger partial charge in [0.05, 0.1) is 19.8 Å². The Balaban J connectivity index is 3.02. The fourth-order valence-corrected chi connectivity index (χ4v) is 3.22. The molecular formula is C20H30O7. The highest BCUT2D eigenvalue weighted by Gasteiger charge is 2.76. The first kappa shape index (κ1) is 22.9. The predicted molar refractivity (Wildman–Crippen MR) is 97.6 cm³/mol. The highest BCUT2D eigenvalue weighted by Crippen LogP contribution is 2.61. The molecule has 1 fully saturated rings. The van der Waals surface area contributed by atoms with Crippen molar-refractivity contribution in [3.05, 3.63) is 12.2 Å². The molecule has 2 unspecified atom stereocenters. The number of rotatable bonds is 12. The van der Waals surface area contributed by atoms with Crippen LogP contribution in [-0.4, -0.2) is 43.5 Å². The number of hydrogen-bond donors (Lipinski definition) is 0. The largest absolute Gasteiger partial charge is 0.466 e. The van der Waals surface area contributed by atoms with Crippen LogP contribution in [-0.2, 0) is 33.4 Å². The highest BCUT2D eigenvalue weighted by atomic mass is 16.6. The van der Waals surface area contributed by atoms with Crippen molar-refractivity contribution in [1.29, 1.82) is 0 Å². The lowest BCUT2D eigenvalue weighted by molar-refractivity contribution is -0.166. The van der Waals surface area contributed by atoms with E-state index in [1.807, 2.05) is 0 Å². The Kier molecular flexibility index (Phi) is 9.18. The van der Waals surface area contributed by atoms with Gasteiger partial charge >= 0.3 is 17.9 Å². The van der Waals surface area contributed by atoms with Crippen molar-refractivity contribution in [3.63, 3.8) is 0 Å². The standard InChI is InChI=1S/C20H30O7/c1-5-8-9-10-15(22)11-12-16-17(13-27-14(4)21)20(16,18(23)25-6-2)19(24)26-7-3/h11-12,16-17H,5-10,13H2,1-4H3. The Hall–Kier alpha value is -2.18. The van der Waals surface area contributed by atoms with Crippen LogP contribution in [0.5, 0.6) is 0 Å². The fourth-order valence-electron chi connectivity index (χ4n) is 3.22. The number of carbonyl (C=O) groups excluding carboxylic acids is 4. The topological polar surface area (TPSA) is 96.0 Å². The number of esters is 3. The molecule has 2 atom stereocenters. The summed E-state index contributed by atoms with van der Waals surface area (Å²) in [5, 5.41) is 0. The third kappa shape index (κ3) is 5.65. The summed E-state index contributed by atoms with van der Waals surface area (Å²) in [7, 11) is 0. The zero-order valence-corrected chi connectivity index (χ0v) is 16.6. The van der Waals surface area contributed by atoms with E-state index >= 15 is 0 Å². The summed E-state index contributed by atoms with van der Waals surface area (Å²) in [6.45, 7) is 6.67. The number of hydrogen-bond acceptors (Lipinski definition) is 7. The first-order valence-electron chi connectivity index (χ1n) is 9.54. The molecule has 0 N–H and O–H groups in total. The molecule has 1 saturated carbocycles. The number of carbonyl (C=O) groups is 4. The predicted octanol–water partition coefficient (Wildman–Crippen LogP) is 2.61. The fraction of sp³-hybridized carbons (Fsp3) is 0.700. The van der Waals surface area contributed by atoms with Crippen LogP contribution in [0.15, 0.2) is 12.2 Å². The molecule has 0 bridgehead atoms. The van der Waals surface area contributed by atoms with E-state index in [-0.39, 0.29) is 25.6 Å². The lowest BCUT2D eigenvalue weighted by Gasteiger charge is -2.15. The van der Waals surface area contributed by atoms with Crippen molar-refractivity contribution in [2.24, 2.45) is 17.3 Å². The summed E-state index contributed by atoms with van der Waals surface area (Å²) < 4.78 is 15.2. The highest BCUT2D eigenvalue weighted by molar-refractivity contribution is 6.05. The molecule has 0 saturated heterocycles. The van der Waals surface area contributed by atoms with Crippen LogP contribution >= 0.6 is 0 Å². The molecule has 0 amide bonds. The van der Waals surface area contributed by atoms with Gasteiger partial charge in [-0.05, 0) is 26.3 Å². The minimum Gasteiger partial charge on any atom is -0.466 e. The van der Waals surface area contributed by atoms with Gasteiger partial charge in [0.15, 0.2) is 11.2 Å². The van der Waals surface area contributed by atoms with Gasteiger partial charge in [-0.2, -0.15) is 0 Å². The van der Waals surface area contributed by atoms with Crippen molar-refractivity contribution in [2.75, 3.05) is 19.8 Å². The third-order valence-corrected chi connectivity index (χ3v) is 4.64. The van der Waals surface area contributed by atoms with Crippen LogP contribution in [0.1, 0.15) is 53.4 Å². The Labute approximate surface area is 160 Å². The molecule has 0 heterocycles. The van der Waals surface area contributed by atoms with E-state index in [0.29, 0.717) is 6.42 Å². The average Bonchev–Trinajstić information content (AvgIpc) is 3.27. The van der Waals surface area contributed by atoms with Crippen LogP contribution in [0.4, 0.5) is 0 Å². The normalized spacial score (nSPS) is 20.1. The first-order valence-corrected chi connectivity index (χ1v) is 9.54. The molecule has 152 valence electrons. The summed E-state index contributed by atoms with van der Waals surface area (Å²) in [5.74, 6) is -3.23. The maximum absolute atomic E-state index is 12.6. The maximum atomic E-state index is 12.6. The molecule has 0 aromatic rings. The van der Waals surface area contributed by atoms with Gasteiger partial charge in [0, 0.05) is 25.2 Å². The van der Waals surface area contributed by atoms with Crippen LogP contribution in [0.3, 0.4) is 0 Å². The van der Waals surface area contributed by atoms with E-state index in [9.17, 15) is 19.2 Å². The Morgan fingerprint density at radius 2 is 1.52 bits per heavy atom. The molecule has 7 nitrogen and oxygen atoms in total. The summed E-state index contributed by atoms with van der Waals surface area (Å²) >= 11 is 0. The van der Waals surface area contributed by atoms with Crippen molar-refractivity contribution in [2.45, 2.75) is 53.4 Å². The van der Waals surface area contributed by atoms with E-state index in [2.05, 4.69) is 6.92 Å². The second-order valence-corrected chi connectivity index (χ2v) is 6.53. The Morgan fingerprint density at radius 1 is 0.926 bits per heavy atom. The minimum absolute atomic E-state index is 0.0665. The van der Waals surface area contributed by atoms with Gasteiger partial charge in [0.2, 0.25) is 0 Å². The lowest BCUT2D eigenvalue weighted by atomic mass is 10.0. The van der Waals surface area contributed by atoms with Gasteiger partial charge in [-0.3, -0.25) is 19.2 Å². The summed E-state index contributed by atoms with van der Waals surface area (Å²) in [6, 6.07) is 0. The zero-order valence-electron chi connectivity index (χ0n) is 16.6. The van der Waals surface area contributed by atoms with Crippen LogP contribution in [0.2, 0.25) is 0 Å². The second kappa shape index (κ2) is 10.8. The van der Waals surface area contributed by atoms with Crippen LogP contribution in [0, 0.1) is 17.3 Å². The molecule has 0 radical (unpaired) electrons. The van der Waals surface area contributed by atoms with Crippen molar-refractivity contribution in [1.82, 2.24) is 0 Å². The Bertz CT molecular complexity index is 561. The first-order chi connectivity index (χ1) is 12.9. The Morgan fingerprint density at radius 3 is 2.00 bits per heavy atom. The number of unbranched alkanes of at least 4 members (excludes halogenated alkanes) is 2. The van der Waals surface area contributed by atoms with Gasteiger partial charge in [-0.1, -0.05) is 25.8 Å². The molecule has 0 aliphatic heterocycles. The van der Waals surface area contributed by atoms with Crippen molar-refractivity contribution >= 4 is 23.7 Å². The molecule has 1 rings (SSSR count). The van der Waals surface area contributed by atoms with E-state index in [1.54, 1.807) is 19.9 Å². The molecular weight excluding hydrogens is 352 g/mol. The average molecular weight is 382 g/mol. The van der Waals surface area contributed by atoms with E-state index < -0.39 is 35.2 Å². The number of allylic oxidation sites excluding steroid dienone is 2. The van der Waals surface area contributed by atoms with E-state index in [1.165, 1.54) is 13.0 Å². The van der Waals surface area contributed by atoms with Crippen molar-refractivity contribution in [3.8, 4) is 0 Å². The van der Waals surface area contributed by atoms with Crippen molar-refractivity contribution < 1.29 is 33.4 Å². The molecule has 0 aromatic heterocycles. The summed E-state index contributed by atoms with van der Waals surface area (Å²) in [6.07, 6.45) is 6.14. The smallest absolute Gasteiger partial charge is 0.324 e. The summed E-state index contributed by atoms with van der Waals surface area (Å²) in [5.41, 5.74) is -1.57. The van der Waals surface area contributed by atoms with E-state index in [0.717, 1.165) is 19.3 Å². The van der Waals surface area contributed by atoms with Gasteiger partial charge in [-0.15, -0.1) is 0 Å². The molecule has 7 heteroatoms. The minimum atomic E-state index is -1.57. The molecule has 0 aromatic carbocycles. The second-order valence-electron chi connectivity index (χ2n) is 6.53. The molecule has 27 heavy (non-hydrogen) atoms. The van der Waals surface area contributed by atoms with Gasteiger partial charge in [0.25, 0.3) is 0 Å². The number of ketones is 1. The maximum Gasteiger partial charge on any atom is 0.324 e. The van der Waals surface area contributed by atoms with Gasteiger partial charge in [0.1, 0.15) is 0 Å². The van der Waals surface area contributed by atoms with E-state index in [4.69, 9.17) is 14.2 Å². The molecule has 1 aliphatic carbocycles. The summed E-state index contributed by atoms with van der Waals surface area (Å²) in [4.78, 5) is 48.4. The van der Waals surface area contributed by atoms with Gasteiger partial charge < -0.3 is 14.2 Å². The SMILES string of the molecule is CCCCCC(=O)C=CC1C(COC(C)=O)C1(C(=O)OCC)C(=O)OCC. The van der Waals surface area contributed by atoms with Crippen LogP contribution in [0.25, 0.3) is 0 Å². The van der Waals surface area contributed by atoms with Gasteiger partial charge in [-0.25, -0.2) is 0 Å². The zero-order chi connectivity index (χ0) is 20.4. The molecule has 1 aliphatic rings.